The first-order valence-corrected chi connectivity index (χ1v) is 6.75. The van der Waals surface area contributed by atoms with Crippen LogP contribution in [0.15, 0.2) is 24.3 Å². The molecule has 0 aliphatic rings. The van der Waals surface area contributed by atoms with Crippen molar-refractivity contribution in [2.75, 3.05) is 13.2 Å². The quantitative estimate of drug-likeness (QED) is 0.629. The van der Waals surface area contributed by atoms with E-state index in [9.17, 15) is 9.59 Å². The summed E-state index contributed by atoms with van der Waals surface area (Å²) in [6, 6.07) is 6.01. The molecule has 2 N–H and O–H groups in total. The zero-order valence-corrected chi connectivity index (χ0v) is 12.2. The fourth-order valence-corrected chi connectivity index (χ4v) is 1.53. The number of carbonyl (C=O) groups excluding carboxylic acids is 2. The van der Waals surface area contributed by atoms with Gasteiger partial charge < -0.3 is 15.2 Å². The number of aliphatic hydroxyl groups is 1. The normalized spacial score (nSPS) is 11.0. The average molecular weight is 289 g/mol. The third-order valence-electron chi connectivity index (χ3n) is 2.60. The van der Waals surface area contributed by atoms with Crippen molar-refractivity contribution in [3.63, 3.8) is 0 Å². The molecule has 1 amide bonds. The highest BCUT2D eigenvalue weighted by Crippen LogP contribution is 2.04. The molecule has 0 saturated heterocycles. The molecule has 0 bridgehead atoms. The van der Waals surface area contributed by atoms with Gasteiger partial charge in [0.2, 0.25) is 0 Å². The van der Waals surface area contributed by atoms with Gasteiger partial charge in [0.05, 0.1) is 13.2 Å². The predicted octanol–water partition coefficient (Wildman–Crippen LogP) is 1.10. The summed E-state index contributed by atoms with van der Waals surface area (Å²) in [5.74, 6) is 4.87. The number of rotatable bonds is 5. The summed E-state index contributed by atoms with van der Waals surface area (Å²) < 4.78 is 4.82. The molecule has 1 rings (SSSR count). The van der Waals surface area contributed by atoms with Crippen molar-refractivity contribution >= 4 is 11.9 Å². The van der Waals surface area contributed by atoms with E-state index in [2.05, 4.69) is 17.2 Å². The van der Waals surface area contributed by atoms with Crippen LogP contribution < -0.4 is 5.32 Å². The van der Waals surface area contributed by atoms with E-state index in [0.717, 1.165) is 5.56 Å². The Hall–Kier alpha value is -2.32. The summed E-state index contributed by atoms with van der Waals surface area (Å²) in [6.07, 6.45) is 0.416. The fraction of sp³-hybridized carbons (Fsp3) is 0.375. The molecule has 1 aromatic rings. The molecular weight excluding hydrogens is 270 g/mol. The molecule has 112 valence electrons. The molecule has 0 heterocycles. The van der Waals surface area contributed by atoms with Gasteiger partial charge in [-0.1, -0.05) is 11.8 Å². The zero-order valence-electron chi connectivity index (χ0n) is 12.2. The van der Waals surface area contributed by atoms with Gasteiger partial charge in [-0.05, 0) is 38.1 Å². The number of hydrogen-bond donors (Lipinski definition) is 2. The number of hydrogen-bond acceptors (Lipinski definition) is 4. The molecular formula is C16H19NO4. The molecule has 0 fully saturated rings. The minimum atomic E-state index is -0.693. The summed E-state index contributed by atoms with van der Waals surface area (Å²) in [6.45, 7) is 3.59. The van der Waals surface area contributed by atoms with Gasteiger partial charge in [-0.3, -0.25) is 4.79 Å². The van der Waals surface area contributed by atoms with Crippen LogP contribution in [0.2, 0.25) is 0 Å². The fourth-order valence-electron chi connectivity index (χ4n) is 1.53. The SMILES string of the molecule is CCOC(=O)C(C)NC(=O)c1ccc(C#CCCO)cc1. The van der Waals surface area contributed by atoms with E-state index < -0.39 is 12.0 Å². The smallest absolute Gasteiger partial charge is 0.328 e. The van der Waals surface area contributed by atoms with Gasteiger partial charge in [0, 0.05) is 17.5 Å². The van der Waals surface area contributed by atoms with E-state index in [1.165, 1.54) is 0 Å². The maximum Gasteiger partial charge on any atom is 0.328 e. The van der Waals surface area contributed by atoms with E-state index >= 15 is 0 Å². The van der Waals surface area contributed by atoms with Crippen molar-refractivity contribution < 1.29 is 19.4 Å². The molecule has 1 unspecified atom stereocenters. The highest BCUT2D eigenvalue weighted by atomic mass is 16.5. The van der Waals surface area contributed by atoms with E-state index in [4.69, 9.17) is 9.84 Å². The lowest BCUT2D eigenvalue weighted by Crippen LogP contribution is -2.39. The third-order valence-corrected chi connectivity index (χ3v) is 2.60. The van der Waals surface area contributed by atoms with Gasteiger partial charge in [-0.2, -0.15) is 0 Å². The predicted molar refractivity (Wildman–Crippen MR) is 78.6 cm³/mol. The number of ether oxygens (including phenoxy) is 1. The summed E-state index contributed by atoms with van der Waals surface area (Å²) in [5.41, 5.74) is 1.21. The van der Waals surface area contributed by atoms with Crippen molar-refractivity contribution in [2.45, 2.75) is 26.3 Å². The summed E-state index contributed by atoms with van der Waals surface area (Å²) in [5, 5.41) is 11.2. The first-order valence-electron chi connectivity index (χ1n) is 6.75. The number of benzene rings is 1. The number of esters is 1. The van der Waals surface area contributed by atoms with E-state index in [0.29, 0.717) is 12.0 Å². The van der Waals surface area contributed by atoms with Gasteiger partial charge in [0.25, 0.3) is 5.91 Å². The van der Waals surface area contributed by atoms with Crippen LogP contribution in [-0.4, -0.2) is 36.2 Å². The molecule has 0 radical (unpaired) electrons. The Kier molecular flexibility index (Phi) is 6.99. The van der Waals surface area contributed by atoms with Crippen LogP contribution in [0.1, 0.15) is 36.2 Å². The lowest BCUT2D eigenvalue weighted by Gasteiger charge is -2.12. The Morgan fingerprint density at radius 3 is 2.57 bits per heavy atom. The molecule has 0 aliphatic heterocycles. The van der Waals surface area contributed by atoms with Crippen LogP contribution in [0.25, 0.3) is 0 Å². The Bertz CT molecular complexity index is 540. The zero-order chi connectivity index (χ0) is 15.7. The Labute approximate surface area is 124 Å². The first kappa shape index (κ1) is 16.7. The Balaban J connectivity index is 2.63. The first-order chi connectivity index (χ1) is 10.1. The number of aliphatic hydroxyl groups excluding tert-OH is 1. The van der Waals surface area contributed by atoms with Gasteiger partial charge in [-0.25, -0.2) is 4.79 Å². The van der Waals surface area contributed by atoms with Crippen molar-refractivity contribution in [1.29, 1.82) is 0 Å². The molecule has 0 saturated carbocycles. The largest absolute Gasteiger partial charge is 0.464 e. The van der Waals surface area contributed by atoms with Gasteiger partial charge in [-0.15, -0.1) is 0 Å². The summed E-state index contributed by atoms with van der Waals surface area (Å²) in [7, 11) is 0. The van der Waals surface area contributed by atoms with Crippen LogP contribution in [0.4, 0.5) is 0 Å². The second kappa shape index (κ2) is 8.77. The number of nitrogens with one attached hydrogen (secondary N) is 1. The second-order valence-corrected chi connectivity index (χ2v) is 4.30. The van der Waals surface area contributed by atoms with E-state index in [-0.39, 0.29) is 19.1 Å². The van der Waals surface area contributed by atoms with Gasteiger partial charge in [0.1, 0.15) is 6.04 Å². The Morgan fingerprint density at radius 1 is 1.33 bits per heavy atom. The number of amides is 1. The van der Waals surface area contributed by atoms with Crippen LogP contribution in [0.5, 0.6) is 0 Å². The number of carbonyl (C=O) groups is 2. The second-order valence-electron chi connectivity index (χ2n) is 4.30. The standard InChI is InChI=1S/C16H19NO4/c1-3-21-16(20)12(2)17-15(19)14-9-7-13(8-10-14)6-4-5-11-18/h7-10,12,18H,3,5,11H2,1-2H3,(H,17,19). The van der Waals surface area contributed by atoms with Crippen molar-refractivity contribution in [1.82, 2.24) is 5.32 Å². The molecule has 0 spiro atoms. The maximum atomic E-state index is 11.9. The minimum absolute atomic E-state index is 0.0270. The van der Waals surface area contributed by atoms with E-state index in [1.807, 2.05) is 0 Å². The van der Waals surface area contributed by atoms with Crippen LogP contribution in [0.3, 0.4) is 0 Å². The third kappa shape index (κ3) is 5.67. The van der Waals surface area contributed by atoms with Gasteiger partial charge in [0.15, 0.2) is 0 Å². The topological polar surface area (TPSA) is 75.6 Å². The highest BCUT2D eigenvalue weighted by molar-refractivity contribution is 5.96. The molecule has 0 aromatic heterocycles. The lowest BCUT2D eigenvalue weighted by molar-refractivity contribution is -0.144. The van der Waals surface area contributed by atoms with Crippen LogP contribution in [0, 0.1) is 11.8 Å². The van der Waals surface area contributed by atoms with Crippen molar-refractivity contribution in [3.8, 4) is 11.8 Å². The monoisotopic (exact) mass is 289 g/mol. The molecule has 0 aliphatic carbocycles. The lowest BCUT2D eigenvalue weighted by atomic mass is 10.1. The van der Waals surface area contributed by atoms with Crippen molar-refractivity contribution in [2.24, 2.45) is 0 Å². The molecule has 1 atom stereocenters. The Morgan fingerprint density at radius 2 is 2.00 bits per heavy atom. The van der Waals surface area contributed by atoms with Gasteiger partial charge >= 0.3 is 5.97 Å². The van der Waals surface area contributed by atoms with Crippen molar-refractivity contribution in [3.05, 3.63) is 35.4 Å². The molecule has 21 heavy (non-hydrogen) atoms. The maximum absolute atomic E-state index is 11.9. The minimum Gasteiger partial charge on any atom is -0.464 e. The summed E-state index contributed by atoms with van der Waals surface area (Å²) >= 11 is 0. The summed E-state index contributed by atoms with van der Waals surface area (Å²) in [4.78, 5) is 23.4. The highest BCUT2D eigenvalue weighted by Gasteiger charge is 2.17. The van der Waals surface area contributed by atoms with E-state index in [1.54, 1.807) is 38.1 Å². The molecule has 1 aromatic carbocycles. The molecule has 5 nitrogen and oxygen atoms in total. The van der Waals surface area contributed by atoms with Crippen LogP contribution >= 0.6 is 0 Å². The molecule has 5 heteroatoms. The van der Waals surface area contributed by atoms with Crippen LogP contribution in [-0.2, 0) is 9.53 Å². The average Bonchev–Trinajstić information content (AvgIpc) is 2.48.